The molecule has 3 heteroatoms. The van der Waals surface area contributed by atoms with Crippen molar-refractivity contribution >= 4 is 20.4 Å². The fourth-order valence-electron chi connectivity index (χ4n) is 1.18. The maximum atomic E-state index is 5.30. The van der Waals surface area contributed by atoms with Crippen LogP contribution in [0.3, 0.4) is 0 Å². The fourth-order valence-corrected chi connectivity index (χ4v) is 1.46. The van der Waals surface area contributed by atoms with Gasteiger partial charge in [0.1, 0.15) is 5.75 Å². The lowest BCUT2D eigenvalue weighted by Gasteiger charge is -2.10. The third-order valence-electron chi connectivity index (χ3n) is 1.85. The highest BCUT2D eigenvalue weighted by Gasteiger charge is 2.08. The topological polar surface area (TPSA) is 22.1 Å². The summed E-state index contributed by atoms with van der Waals surface area (Å²) in [6.45, 7) is 5.88. The van der Waals surface area contributed by atoms with Gasteiger partial charge in [-0.3, -0.25) is 4.98 Å². The summed E-state index contributed by atoms with van der Waals surface area (Å²) in [5.74, 6) is 0.861. The van der Waals surface area contributed by atoms with Crippen LogP contribution in [0.2, 0.25) is 0 Å². The minimum atomic E-state index is 0.798. The summed E-state index contributed by atoms with van der Waals surface area (Å²) in [5, 5.41) is 0. The Kier molecular flexibility index (Phi) is 3.48. The van der Waals surface area contributed by atoms with Gasteiger partial charge in [-0.05, 0) is 6.42 Å². The van der Waals surface area contributed by atoms with Crippen LogP contribution in [0.1, 0.15) is 18.1 Å². The van der Waals surface area contributed by atoms with Crippen molar-refractivity contribution in [3.63, 3.8) is 0 Å². The number of hydrogen-bond donors (Lipinski definition) is 0. The van der Waals surface area contributed by atoms with E-state index in [0.29, 0.717) is 0 Å². The molecule has 2 nitrogen and oxygen atoms in total. The zero-order valence-electron chi connectivity index (χ0n) is 7.80. The van der Waals surface area contributed by atoms with Gasteiger partial charge in [-0.25, -0.2) is 0 Å². The number of nitrogens with zero attached hydrogens (tertiary/aromatic N) is 1. The van der Waals surface area contributed by atoms with Crippen LogP contribution in [-0.2, 0) is 6.42 Å². The van der Waals surface area contributed by atoms with Crippen LogP contribution in [0.25, 0.3) is 4.48 Å². The van der Waals surface area contributed by atoms with Gasteiger partial charge in [0.2, 0.25) is 0 Å². The number of aromatic nitrogens is 1. The molecule has 0 aliphatic rings. The van der Waals surface area contributed by atoms with Crippen molar-refractivity contribution in [2.75, 3.05) is 7.11 Å². The van der Waals surface area contributed by atoms with E-state index in [9.17, 15) is 0 Å². The van der Waals surface area contributed by atoms with Crippen molar-refractivity contribution in [3.8, 4) is 5.75 Å². The summed E-state index contributed by atoms with van der Waals surface area (Å²) in [7, 11) is 1.66. The molecule has 13 heavy (non-hydrogen) atoms. The summed E-state index contributed by atoms with van der Waals surface area (Å²) < 4.78 is 6.10. The number of hydrogen-bond acceptors (Lipinski definition) is 2. The first-order valence-electron chi connectivity index (χ1n) is 4.06. The second-order valence-corrected chi connectivity index (χ2v) is 3.60. The number of aryl methyl sites for hydroxylation is 1. The largest absolute Gasteiger partial charge is 0.496 e. The van der Waals surface area contributed by atoms with Gasteiger partial charge in [0.15, 0.2) is 0 Å². The Morgan fingerprint density at radius 2 is 2.31 bits per heavy atom. The standard InChI is InChI=1S/C10H12BrNO/c1-4-8-5-12-6-9(7(2)11)10(8)13-3/h5-6H,2,4H2,1,3H3. The van der Waals surface area contributed by atoms with E-state index in [2.05, 4.69) is 34.4 Å². The van der Waals surface area contributed by atoms with Crippen LogP contribution in [0.4, 0.5) is 0 Å². The third-order valence-corrected chi connectivity index (χ3v) is 2.27. The quantitative estimate of drug-likeness (QED) is 0.812. The Morgan fingerprint density at radius 3 is 2.77 bits per heavy atom. The number of pyridine rings is 1. The molecular weight excluding hydrogens is 230 g/mol. The van der Waals surface area contributed by atoms with Gasteiger partial charge in [-0.15, -0.1) is 0 Å². The molecule has 0 radical (unpaired) electrons. The number of ether oxygens (including phenoxy) is 1. The predicted molar refractivity (Wildman–Crippen MR) is 58.1 cm³/mol. The molecule has 0 unspecified atom stereocenters. The molecule has 0 bridgehead atoms. The molecule has 0 aliphatic carbocycles. The van der Waals surface area contributed by atoms with Crippen LogP contribution >= 0.6 is 15.9 Å². The molecule has 0 fully saturated rings. The molecule has 0 aliphatic heterocycles. The van der Waals surface area contributed by atoms with Gasteiger partial charge < -0.3 is 4.74 Å². The Hall–Kier alpha value is -0.830. The Morgan fingerprint density at radius 1 is 1.62 bits per heavy atom. The highest BCUT2D eigenvalue weighted by Crippen LogP contribution is 2.30. The highest BCUT2D eigenvalue weighted by molar-refractivity contribution is 9.15. The van der Waals surface area contributed by atoms with Crippen LogP contribution in [-0.4, -0.2) is 12.1 Å². The maximum Gasteiger partial charge on any atom is 0.133 e. The van der Waals surface area contributed by atoms with E-state index in [4.69, 9.17) is 4.74 Å². The van der Waals surface area contributed by atoms with E-state index in [-0.39, 0.29) is 0 Å². The molecule has 0 saturated heterocycles. The molecule has 70 valence electrons. The first-order valence-corrected chi connectivity index (χ1v) is 4.85. The number of halogens is 1. The van der Waals surface area contributed by atoms with Crippen LogP contribution in [0, 0.1) is 0 Å². The predicted octanol–water partition coefficient (Wildman–Crippen LogP) is 3.02. The highest BCUT2D eigenvalue weighted by atomic mass is 79.9. The minimum Gasteiger partial charge on any atom is -0.496 e. The van der Waals surface area contributed by atoms with Crippen molar-refractivity contribution in [1.29, 1.82) is 0 Å². The Labute approximate surface area is 86.8 Å². The Balaban J connectivity index is 3.27. The summed E-state index contributed by atoms with van der Waals surface area (Å²) in [4.78, 5) is 4.11. The molecule has 0 N–H and O–H groups in total. The lowest BCUT2D eigenvalue weighted by molar-refractivity contribution is 0.408. The third kappa shape index (κ3) is 2.10. The monoisotopic (exact) mass is 241 g/mol. The van der Waals surface area contributed by atoms with Crippen molar-refractivity contribution < 1.29 is 4.74 Å². The molecule has 1 aromatic rings. The smallest absolute Gasteiger partial charge is 0.133 e. The second kappa shape index (κ2) is 4.42. The van der Waals surface area contributed by atoms with Crippen LogP contribution in [0.15, 0.2) is 19.0 Å². The van der Waals surface area contributed by atoms with Crippen molar-refractivity contribution in [2.45, 2.75) is 13.3 Å². The average Bonchev–Trinajstić information content (AvgIpc) is 2.16. The second-order valence-electron chi connectivity index (χ2n) is 2.64. The zero-order chi connectivity index (χ0) is 9.84. The fraction of sp³-hybridized carbons (Fsp3) is 0.300. The molecule has 0 saturated carbocycles. The van der Waals surface area contributed by atoms with E-state index in [0.717, 1.165) is 27.8 Å². The van der Waals surface area contributed by atoms with E-state index in [1.54, 1.807) is 13.3 Å². The van der Waals surface area contributed by atoms with Gasteiger partial charge in [0, 0.05) is 28.0 Å². The van der Waals surface area contributed by atoms with Gasteiger partial charge in [-0.1, -0.05) is 29.4 Å². The van der Waals surface area contributed by atoms with E-state index >= 15 is 0 Å². The van der Waals surface area contributed by atoms with Gasteiger partial charge in [0.05, 0.1) is 7.11 Å². The normalized spacial score (nSPS) is 9.77. The maximum absolute atomic E-state index is 5.30. The minimum absolute atomic E-state index is 0.798. The first-order chi connectivity index (χ1) is 6.20. The van der Waals surface area contributed by atoms with Crippen molar-refractivity contribution in [1.82, 2.24) is 4.98 Å². The molecule has 0 spiro atoms. The van der Waals surface area contributed by atoms with Crippen molar-refractivity contribution in [3.05, 3.63) is 30.1 Å². The summed E-state index contributed by atoms with van der Waals surface area (Å²) in [6.07, 6.45) is 4.47. The number of rotatable bonds is 3. The van der Waals surface area contributed by atoms with Crippen LogP contribution in [0.5, 0.6) is 5.75 Å². The zero-order valence-corrected chi connectivity index (χ0v) is 9.39. The van der Waals surface area contributed by atoms with Crippen molar-refractivity contribution in [2.24, 2.45) is 0 Å². The molecule has 1 aromatic heterocycles. The summed E-state index contributed by atoms with van der Waals surface area (Å²) in [5.41, 5.74) is 2.02. The molecule has 1 heterocycles. The lowest BCUT2D eigenvalue weighted by Crippen LogP contribution is -1.95. The van der Waals surface area contributed by atoms with Gasteiger partial charge in [-0.2, -0.15) is 0 Å². The van der Waals surface area contributed by atoms with E-state index in [1.807, 2.05) is 6.20 Å². The first kappa shape index (κ1) is 10.3. The molecular formula is C10H12BrNO. The van der Waals surface area contributed by atoms with Gasteiger partial charge in [0.25, 0.3) is 0 Å². The summed E-state index contributed by atoms with van der Waals surface area (Å²) in [6, 6.07) is 0. The molecule has 0 aromatic carbocycles. The number of methoxy groups -OCH3 is 1. The van der Waals surface area contributed by atoms with E-state index in [1.165, 1.54) is 0 Å². The Bertz CT molecular complexity index is 323. The average molecular weight is 242 g/mol. The molecule has 0 amide bonds. The SMILES string of the molecule is C=C(Br)c1cncc(CC)c1OC. The van der Waals surface area contributed by atoms with Gasteiger partial charge >= 0.3 is 0 Å². The molecule has 1 rings (SSSR count). The van der Waals surface area contributed by atoms with E-state index < -0.39 is 0 Å². The summed E-state index contributed by atoms with van der Waals surface area (Å²) >= 11 is 3.32. The van der Waals surface area contributed by atoms with Crippen LogP contribution < -0.4 is 4.74 Å². The molecule has 0 atom stereocenters. The lowest BCUT2D eigenvalue weighted by atomic mass is 10.1.